The highest BCUT2D eigenvalue weighted by molar-refractivity contribution is 5.20. The van der Waals surface area contributed by atoms with Gasteiger partial charge in [-0.3, -0.25) is 0 Å². The zero-order chi connectivity index (χ0) is 11.6. The Morgan fingerprint density at radius 2 is 1.94 bits per heavy atom. The maximum Gasteiger partial charge on any atom is 0.119 e. The van der Waals surface area contributed by atoms with Gasteiger partial charge in [-0.15, -0.1) is 0 Å². The minimum atomic E-state index is 0.0651. The SMILES string of the molecule is CCCOCC(N)CCOc1ccccc1. The monoisotopic (exact) mass is 223 g/mol. The molecule has 0 aromatic heterocycles. The fraction of sp³-hybridized carbons (Fsp3) is 0.538. The molecule has 16 heavy (non-hydrogen) atoms. The number of hydrogen-bond acceptors (Lipinski definition) is 3. The fourth-order valence-electron chi connectivity index (χ4n) is 1.31. The average molecular weight is 223 g/mol. The summed E-state index contributed by atoms with van der Waals surface area (Å²) in [5.41, 5.74) is 5.87. The molecule has 0 heterocycles. The highest BCUT2D eigenvalue weighted by Crippen LogP contribution is 2.08. The van der Waals surface area contributed by atoms with Gasteiger partial charge in [0.15, 0.2) is 0 Å². The van der Waals surface area contributed by atoms with E-state index in [2.05, 4.69) is 6.92 Å². The van der Waals surface area contributed by atoms with E-state index in [4.69, 9.17) is 15.2 Å². The summed E-state index contributed by atoms with van der Waals surface area (Å²) in [4.78, 5) is 0. The van der Waals surface area contributed by atoms with Gasteiger partial charge in [-0.2, -0.15) is 0 Å². The summed E-state index contributed by atoms with van der Waals surface area (Å²) in [7, 11) is 0. The second-order valence-electron chi connectivity index (χ2n) is 3.79. The Morgan fingerprint density at radius 1 is 1.19 bits per heavy atom. The van der Waals surface area contributed by atoms with E-state index in [1.165, 1.54) is 0 Å². The standard InChI is InChI=1S/C13H21NO2/c1-2-9-15-11-12(14)8-10-16-13-6-4-3-5-7-13/h3-7,12H,2,8-11,14H2,1H3. The number of benzene rings is 1. The molecule has 90 valence electrons. The molecule has 1 atom stereocenters. The highest BCUT2D eigenvalue weighted by Gasteiger charge is 2.02. The van der Waals surface area contributed by atoms with Crippen molar-refractivity contribution in [1.29, 1.82) is 0 Å². The Morgan fingerprint density at radius 3 is 2.62 bits per heavy atom. The van der Waals surface area contributed by atoms with Crippen LogP contribution >= 0.6 is 0 Å². The third kappa shape index (κ3) is 5.73. The molecule has 0 spiro atoms. The van der Waals surface area contributed by atoms with Gasteiger partial charge in [0, 0.05) is 12.6 Å². The summed E-state index contributed by atoms with van der Waals surface area (Å²) < 4.78 is 10.9. The van der Waals surface area contributed by atoms with Crippen molar-refractivity contribution in [2.24, 2.45) is 5.73 Å². The topological polar surface area (TPSA) is 44.5 Å². The molecule has 0 aliphatic carbocycles. The maximum absolute atomic E-state index is 5.87. The predicted molar refractivity (Wildman–Crippen MR) is 65.6 cm³/mol. The first-order valence-corrected chi connectivity index (χ1v) is 5.84. The summed E-state index contributed by atoms with van der Waals surface area (Å²) in [6.07, 6.45) is 1.85. The van der Waals surface area contributed by atoms with Crippen molar-refractivity contribution < 1.29 is 9.47 Å². The maximum atomic E-state index is 5.87. The quantitative estimate of drug-likeness (QED) is 0.687. The van der Waals surface area contributed by atoms with Crippen LogP contribution in [0.3, 0.4) is 0 Å². The van der Waals surface area contributed by atoms with Crippen LogP contribution in [0.4, 0.5) is 0 Å². The van der Waals surface area contributed by atoms with Gasteiger partial charge < -0.3 is 15.2 Å². The minimum Gasteiger partial charge on any atom is -0.494 e. The molecule has 3 nitrogen and oxygen atoms in total. The van der Waals surface area contributed by atoms with E-state index < -0.39 is 0 Å². The summed E-state index contributed by atoms with van der Waals surface area (Å²) in [5.74, 6) is 0.893. The second-order valence-corrected chi connectivity index (χ2v) is 3.79. The van der Waals surface area contributed by atoms with Gasteiger partial charge in [0.25, 0.3) is 0 Å². The number of nitrogens with two attached hydrogens (primary N) is 1. The van der Waals surface area contributed by atoms with Crippen LogP contribution in [0.25, 0.3) is 0 Å². The number of hydrogen-bond donors (Lipinski definition) is 1. The zero-order valence-electron chi connectivity index (χ0n) is 9.89. The second kappa shape index (κ2) is 8.13. The molecule has 3 heteroatoms. The van der Waals surface area contributed by atoms with Crippen LogP contribution in [0.15, 0.2) is 30.3 Å². The van der Waals surface area contributed by atoms with Gasteiger partial charge >= 0.3 is 0 Å². The number of para-hydroxylation sites is 1. The van der Waals surface area contributed by atoms with Crippen LogP contribution in [-0.2, 0) is 4.74 Å². The van der Waals surface area contributed by atoms with E-state index >= 15 is 0 Å². The molecule has 0 fully saturated rings. The van der Waals surface area contributed by atoms with Crippen LogP contribution in [0, 0.1) is 0 Å². The van der Waals surface area contributed by atoms with Gasteiger partial charge in [-0.1, -0.05) is 25.1 Å². The Hall–Kier alpha value is -1.06. The zero-order valence-corrected chi connectivity index (χ0v) is 9.89. The smallest absolute Gasteiger partial charge is 0.119 e. The van der Waals surface area contributed by atoms with Crippen molar-refractivity contribution in [3.05, 3.63) is 30.3 Å². The largest absolute Gasteiger partial charge is 0.494 e. The molecule has 0 aliphatic heterocycles. The average Bonchev–Trinajstić information content (AvgIpc) is 2.31. The lowest BCUT2D eigenvalue weighted by atomic mass is 10.2. The van der Waals surface area contributed by atoms with Crippen molar-refractivity contribution in [2.45, 2.75) is 25.8 Å². The molecular formula is C13H21NO2. The van der Waals surface area contributed by atoms with Crippen molar-refractivity contribution in [1.82, 2.24) is 0 Å². The summed E-state index contributed by atoms with van der Waals surface area (Å²) in [6, 6.07) is 9.84. The van der Waals surface area contributed by atoms with E-state index in [1.54, 1.807) is 0 Å². The van der Waals surface area contributed by atoms with Crippen molar-refractivity contribution in [3.63, 3.8) is 0 Å². The summed E-state index contributed by atoms with van der Waals surface area (Å²) >= 11 is 0. The molecular weight excluding hydrogens is 202 g/mol. The molecule has 0 bridgehead atoms. The summed E-state index contributed by atoms with van der Waals surface area (Å²) in [5, 5.41) is 0. The van der Waals surface area contributed by atoms with E-state index in [1.807, 2.05) is 30.3 Å². The first-order valence-electron chi connectivity index (χ1n) is 5.84. The Kier molecular flexibility index (Phi) is 6.61. The lowest BCUT2D eigenvalue weighted by Gasteiger charge is -2.12. The van der Waals surface area contributed by atoms with Gasteiger partial charge in [0.05, 0.1) is 13.2 Å². The first-order chi connectivity index (χ1) is 7.83. The van der Waals surface area contributed by atoms with Crippen molar-refractivity contribution in [2.75, 3.05) is 19.8 Å². The van der Waals surface area contributed by atoms with Gasteiger partial charge in [-0.25, -0.2) is 0 Å². The van der Waals surface area contributed by atoms with Gasteiger partial charge in [-0.05, 0) is 25.0 Å². The predicted octanol–water partition coefficient (Wildman–Crippen LogP) is 2.21. The fourth-order valence-corrected chi connectivity index (χ4v) is 1.31. The molecule has 0 amide bonds. The van der Waals surface area contributed by atoms with E-state index in [9.17, 15) is 0 Å². The van der Waals surface area contributed by atoms with E-state index in [-0.39, 0.29) is 6.04 Å². The normalized spacial score (nSPS) is 12.4. The number of rotatable bonds is 8. The lowest BCUT2D eigenvalue weighted by Crippen LogP contribution is -2.28. The Balaban J connectivity index is 2.06. The minimum absolute atomic E-state index is 0.0651. The van der Waals surface area contributed by atoms with Crippen molar-refractivity contribution in [3.8, 4) is 5.75 Å². The van der Waals surface area contributed by atoms with Crippen LogP contribution in [0.5, 0.6) is 5.75 Å². The van der Waals surface area contributed by atoms with Crippen LogP contribution in [-0.4, -0.2) is 25.9 Å². The van der Waals surface area contributed by atoms with E-state index in [0.717, 1.165) is 25.2 Å². The first kappa shape index (κ1) is 13.0. The third-order valence-corrected chi connectivity index (χ3v) is 2.18. The lowest BCUT2D eigenvalue weighted by molar-refractivity contribution is 0.114. The molecule has 2 N–H and O–H groups in total. The van der Waals surface area contributed by atoms with Gasteiger partial charge in [0.1, 0.15) is 5.75 Å². The van der Waals surface area contributed by atoms with Crippen LogP contribution in [0.1, 0.15) is 19.8 Å². The Labute approximate surface area is 97.6 Å². The van der Waals surface area contributed by atoms with Crippen LogP contribution < -0.4 is 10.5 Å². The molecule has 0 radical (unpaired) electrons. The van der Waals surface area contributed by atoms with Gasteiger partial charge in [0.2, 0.25) is 0 Å². The van der Waals surface area contributed by atoms with E-state index in [0.29, 0.717) is 13.2 Å². The molecule has 1 unspecified atom stereocenters. The summed E-state index contributed by atoms with van der Waals surface area (Å²) in [6.45, 7) is 4.13. The molecule has 0 saturated heterocycles. The molecule has 1 aromatic rings. The molecule has 1 rings (SSSR count). The van der Waals surface area contributed by atoms with Crippen molar-refractivity contribution >= 4 is 0 Å². The third-order valence-electron chi connectivity index (χ3n) is 2.18. The molecule has 1 aromatic carbocycles. The highest BCUT2D eigenvalue weighted by atomic mass is 16.5. The van der Waals surface area contributed by atoms with Crippen LogP contribution in [0.2, 0.25) is 0 Å². The Bertz CT molecular complexity index is 264. The number of ether oxygens (including phenoxy) is 2. The molecule has 0 saturated carbocycles. The molecule has 0 aliphatic rings.